The van der Waals surface area contributed by atoms with E-state index in [-0.39, 0.29) is 28.7 Å². The summed E-state index contributed by atoms with van der Waals surface area (Å²) >= 11 is 0. The van der Waals surface area contributed by atoms with Gasteiger partial charge >= 0.3 is 0 Å². The third-order valence-electron chi connectivity index (χ3n) is 8.49. The number of carbonyl (C=O) groups excluding carboxylic acids is 9. The van der Waals surface area contributed by atoms with Gasteiger partial charge in [-0.15, -0.1) is 0 Å². The number of hydrazine groups is 1. The highest BCUT2D eigenvalue weighted by molar-refractivity contribution is 6.41. The summed E-state index contributed by atoms with van der Waals surface area (Å²) in [5.41, 5.74) is 13.2. The fraction of sp³-hybridized carbons (Fsp3) is 0.545. The summed E-state index contributed by atoms with van der Waals surface area (Å²) in [5, 5.41) is 44.5. The molecule has 1 aromatic carbocycles. The molecule has 0 spiro atoms. The van der Waals surface area contributed by atoms with Crippen LogP contribution in [0, 0.1) is 0 Å². The van der Waals surface area contributed by atoms with Gasteiger partial charge in [0.15, 0.2) is 0 Å². The fourth-order valence-electron chi connectivity index (χ4n) is 5.40. The summed E-state index contributed by atoms with van der Waals surface area (Å²) in [4.78, 5) is 116. The van der Waals surface area contributed by atoms with E-state index in [4.69, 9.17) is 17.3 Å². The highest BCUT2D eigenvalue weighted by atomic mass is 16.3. The smallest absolute Gasteiger partial charge is 0.245 e. The number of carbonyl (C=O) groups is 9. The number of nitrogens with two attached hydrogens (primary N) is 3. The van der Waals surface area contributed by atoms with Crippen molar-refractivity contribution in [3.8, 4) is 0 Å². The molecule has 1 fully saturated rings. The summed E-state index contributed by atoms with van der Waals surface area (Å²) < 4.78 is 0. The molecule has 0 saturated carbocycles. The first kappa shape index (κ1) is 45.8. The number of nitrogens with one attached hydrogen (secondary N) is 7. The summed E-state index contributed by atoms with van der Waals surface area (Å²) in [7, 11) is 0. The average molecular weight is 783 g/mol. The van der Waals surface area contributed by atoms with Crippen molar-refractivity contribution < 1.29 is 61.3 Å². The minimum atomic E-state index is -1.80. The van der Waals surface area contributed by atoms with Crippen molar-refractivity contribution in [3.63, 3.8) is 0 Å². The lowest BCUT2D eigenvalue weighted by molar-refractivity contribution is -0.140. The van der Waals surface area contributed by atoms with Gasteiger partial charge in [-0.2, -0.15) is 0 Å². The molecule has 1 heterocycles. The van der Waals surface area contributed by atoms with Crippen LogP contribution in [0.3, 0.4) is 0 Å². The molecule has 1 aromatic rings. The van der Waals surface area contributed by atoms with Crippen molar-refractivity contribution in [2.24, 2.45) is 17.3 Å². The molecular weight excluding hydrogens is 728 g/mol. The second kappa shape index (κ2) is 23.4. The van der Waals surface area contributed by atoms with Gasteiger partial charge in [-0.1, -0.05) is 30.3 Å². The lowest BCUT2D eigenvalue weighted by atomic mass is 9.99. The fourth-order valence-corrected chi connectivity index (χ4v) is 5.40. The summed E-state index contributed by atoms with van der Waals surface area (Å²) in [6.07, 6.45) is -0.868. The lowest BCUT2D eigenvalue weighted by Gasteiger charge is -2.27. The van der Waals surface area contributed by atoms with Crippen molar-refractivity contribution >= 4 is 52.9 Å². The van der Waals surface area contributed by atoms with Gasteiger partial charge in [0.2, 0.25) is 52.9 Å². The molecule has 0 radical (unpaired) electrons. The van der Waals surface area contributed by atoms with E-state index in [0.29, 0.717) is 18.4 Å². The molecule has 0 bridgehead atoms. The topological polar surface area (TPSA) is 377 Å². The predicted octanol–water partition coefficient (Wildman–Crippen LogP) is -6.62. The Labute approximate surface area is 318 Å². The number of primary amides is 2. The molecule has 1 aliphatic rings. The molecule has 3 unspecified atom stereocenters. The van der Waals surface area contributed by atoms with E-state index in [1.165, 1.54) is 0 Å². The first-order valence-corrected chi connectivity index (χ1v) is 17.4. The van der Waals surface area contributed by atoms with Gasteiger partial charge in [0.1, 0.15) is 24.2 Å². The molecule has 0 aliphatic carbocycles. The third kappa shape index (κ3) is 15.1. The molecule has 7 amide bonds. The molecule has 16 N–H and O–H groups in total. The lowest BCUT2D eigenvalue weighted by Crippen LogP contribution is -2.61. The minimum absolute atomic E-state index is 0. The number of Topliss-reactive ketones (excluding diaryl/α,β-unsaturated/α-hetero) is 2. The van der Waals surface area contributed by atoms with E-state index in [0.717, 1.165) is 0 Å². The molecule has 7 atom stereocenters. The van der Waals surface area contributed by atoms with Crippen LogP contribution in [0.4, 0.5) is 0 Å². The van der Waals surface area contributed by atoms with Gasteiger partial charge in [0, 0.05) is 22.2 Å². The van der Waals surface area contributed by atoms with Gasteiger partial charge in [0.05, 0.1) is 44.4 Å². The Hall–Kier alpha value is -5.39. The van der Waals surface area contributed by atoms with E-state index >= 15 is 0 Å². The molecule has 1 saturated heterocycles. The number of hydrogen-bond donors (Lipinski definition) is 13. The van der Waals surface area contributed by atoms with Crippen molar-refractivity contribution in [3.05, 3.63) is 35.9 Å². The number of ketones is 2. The van der Waals surface area contributed by atoms with Crippen LogP contribution >= 0.6 is 0 Å². The van der Waals surface area contributed by atoms with Gasteiger partial charge < -0.3 is 53.4 Å². The number of hydrogen-bond acceptors (Lipinski definition) is 15. The molecule has 308 valence electrons. The Kier molecular flexibility index (Phi) is 19.5. The van der Waals surface area contributed by atoms with E-state index < -0.39 is 128 Å². The SMILES string of the molecule is NN[C@@H](CC(N)=O)C(=O)C(=O)[C@H](CO)NC1CCC(=O)NCCCCC(C(N)=O)NC(=O)[C@H](Cc2ccccc2)NC(=O)C(CO)NC(=O)[C@H](CO)NC1=O.[HH].[HH]. The average Bonchev–Trinajstić information content (AvgIpc) is 3.16. The molecule has 22 nitrogen and oxygen atoms in total. The second-order valence-corrected chi connectivity index (χ2v) is 12.7. The molecule has 22 heteroatoms. The first-order chi connectivity index (χ1) is 26.1. The number of benzene rings is 1. The van der Waals surface area contributed by atoms with Gasteiger partial charge in [-0.3, -0.25) is 54.3 Å². The predicted molar refractivity (Wildman–Crippen MR) is 194 cm³/mol. The van der Waals surface area contributed by atoms with Gasteiger partial charge in [0.25, 0.3) is 0 Å². The van der Waals surface area contributed by atoms with Gasteiger partial charge in [-0.05, 0) is 31.2 Å². The zero-order valence-corrected chi connectivity index (χ0v) is 30.0. The molecule has 1 aliphatic heterocycles. The highest BCUT2D eigenvalue weighted by Crippen LogP contribution is 2.08. The minimum Gasteiger partial charge on any atom is -0.394 e. The Bertz CT molecular complexity index is 1540. The molecular formula is C33H54N10O12. The van der Waals surface area contributed by atoms with Crippen molar-refractivity contribution in [2.45, 2.75) is 87.2 Å². The van der Waals surface area contributed by atoms with E-state index in [2.05, 4.69) is 31.9 Å². The van der Waals surface area contributed by atoms with Crippen LogP contribution in [0.25, 0.3) is 0 Å². The van der Waals surface area contributed by atoms with Crippen LogP contribution in [0.1, 0.15) is 46.9 Å². The van der Waals surface area contributed by atoms with E-state index in [1.54, 1.807) is 30.3 Å². The number of rotatable bonds is 14. The number of aliphatic hydroxyl groups excluding tert-OH is 3. The maximum atomic E-state index is 13.5. The van der Waals surface area contributed by atoms with E-state index in [9.17, 15) is 58.5 Å². The Morgan fingerprint density at radius 1 is 0.764 bits per heavy atom. The zero-order valence-electron chi connectivity index (χ0n) is 30.0. The van der Waals surface area contributed by atoms with Crippen LogP contribution in [-0.2, 0) is 49.6 Å². The normalized spacial score (nSPS) is 23.6. The van der Waals surface area contributed by atoms with Crippen LogP contribution in [0.2, 0.25) is 0 Å². The summed E-state index contributed by atoms with van der Waals surface area (Å²) in [5.74, 6) is -3.85. The third-order valence-corrected chi connectivity index (χ3v) is 8.49. The highest BCUT2D eigenvalue weighted by Gasteiger charge is 2.36. The largest absolute Gasteiger partial charge is 0.394 e. The van der Waals surface area contributed by atoms with Crippen molar-refractivity contribution in [1.82, 2.24) is 37.3 Å². The molecule has 2 rings (SSSR count). The van der Waals surface area contributed by atoms with Gasteiger partial charge in [-0.25, -0.2) is 5.43 Å². The quantitative estimate of drug-likeness (QED) is 0.0474. The Balaban J connectivity index is 0.0000157. The monoisotopic (exact) mass is 782 g/mol. The van der Waals surface area contributed by atoms with Crippen molar-refractivity contribution in [2.75, 3.05) is 26.4 Å². The van der Waals surface area contributed by atoms with Crippen molar-refractivity contribution in [1.29, 1.82) is 0 Å². The Morgan fingerprint density at radius 2 is 1.33 bits per heavy atom. The maximum absolute atomic E-state index is 13.5. The maximum Gasteiger partial charge on any atom is 0.245 e. The number of aliphatic hydroxyl groups is 3. The standard InChI is InChI=1S/C33H50N10O12.2H2/c34-25(47)13-20(43-36)27(49)28(50)22(14-44)38-19-9-10-26(48)37-11-5-4-8-18(29(35)51)39-31(53)21(12-17-6-2-1-3-7-17)40-32(54)23(15-45)42-33(55)24(16-46)41-30(19)52;;/h1-3,6-7,18-24,38,43-46H,4-5,8-16,36H2,(H2,34,47)(H2,35,51)(H,37,48)(H,39,53)(H,40,54)(H,41,52)(H,42,55);2*1H/t18?,19?,20-,21-,22-,23?,24-;;/m0../s1. The number of amides is 7. The first-order valence-electron chi connectivity index (χ1n) is 17.4. The zero-order chi connectivity index (χ0) is 41.1. The Morgan fingerprint density at radius 3 is 1.87 bits per heavy atom. The van der Waals surface area contributed by atoms with Crippen LogP contribution in [-0.4, -0.2) is 137 Å². The van der Waals surface area contributed by atoms with Crippen LogP contribution in [0.15, 0.2) is 30.3 Å². The summed E-state index contributed by atoms with van der Waals surface area (Å²) in [6, 6.07) is -2.50. The molecule has 55 heavy (non-hydrogen) atoms. The molecule has 0 aromatic heterocycles. The van der Waals surface area contributed by atoms with Crippen LogP contribution < -0.4 is 54.6 Å². The van der Waals surface area contributed by atoms with Crippen LogP contribution in [0.5, 0.6) is 0 Å². The second-order valence-electron chi connectivity index (χ2n) is 12.7. The van der Waals surface area contributed by atoms with E-state index in [1.807, 2.05) is 5.43 Å². The summed E-state index contributed by atoms with van der Waals surface area (Å²) in [6.45, 7) is -3.03.